The van der Waals surface area contributed by atoms with Crippen LogP contribution in [0.4, 0.5) is 0 Å². The summed E-state index contributed by atoms with van der Waals surface area (Å²) < 4.78 is 1.75. The standard InChI is InChI=1S/C18H29N3O/c1-15(2)7-5-8-16(3)9-6-10-17(4)11-12-21-13-18(14-22)19-20-21/h7,9,11,13,22H,5-6,8,10,12,14H2,1-4H3/b16-9+,17-11-. The molecule has 0 atom stereocenters. The average molecular weight is 303 g/mol. The van der Waals surface area contributed by atoms with Gasteiger partial charge < -0.3 is 5.11 Å². The second kappa shape index (κ2) is 10.1. The summed E-state index contributed by atoms with van der Waals surface area (Å²) in [5.41, 5.74) is 4.83. The summed E-state index contributed by atoms with van der Waals surface area (Å²) in [7, 11) is 0. The summed E-state index contributed by atoms with van der Waals surface area (Å²) >= 11 is 0. The van der Waals surface area contributed by atoms with E-state index in [2.05, 4.69) is 56.2 Å². The van der Waals surface area contributed by atoms with Crippen molar-refractivity contribution >= 4 is 0 Å². The first-order chi connectivity index (χ1) is 10.5. The number of rotatable bonds is 9. The largest absolute Gasteiger partial charge is 0.390 e. The van der Waals surface area contributed by atoms with Crippen LogP contribution in [0, 0.1) is 0 Å². The van der Waals surface area contributed by atoms with E-state index in [4.69, 9.17) is 5.11 Å². The van der Waals surface area contributed by atoms with Crippen LogP contribution in [0.5, 0.6) is 0 Å². The summed E-state index contributed by atoms with van der Waals surface area (Å²) in [5.74, 6) is 0. The summed E-state index contributed by atoms with van der Waals surface area (Å²) in [4.78, 5) is 0. The molecule has 0 aliphatic rings. The van der Waals surface area contributed by atoms with Crippen LogP contribution in [-0.2, 0) is 13.2 Å². The molecule has 0 fully saturated rings. The summed E-state index contributed by atoms with van der Waals surface area (Å²) in [6.07, 6.45) is 13.0. The zero-order valence-electron chi connectivity index (χ0n) is 14.3. The van der Waals surface area contributed by atoms with Crippen LogP contribution in [0.2, 0.25) is 0 Å². The first kappa shape index (κ1) is 18.4. The van der Waals surface area contributed by atoms with Gasteiger partial charge in [-0.05, 0) is 53.4 Å². The third-order valence-corrected chi connectivity index (χ3v) is 3.50. The molecule has 0 amide bonds. The predicted octanol–water partition coefficient (Wildman–Crippen LogP) is 4.19. The lowest BCUT2D eigenvalue weighted by atomic mass is 10.1. The molecule has 0 aliphatic carbocycles. The molecule has 1 rings (SSSR count). The van der Waals surface area contributed by atoms with Gasteiger partial charge in [0.05, 0.1) is 19.3 Å². The second-order valence-corrected chi connectivity index (χ2v) is 6.05. The maximum Gasteiger partial charge on any atom is 0.108 e. The Bertz CT molecular complexity index is 534. The Hall–Kier alpha value is -1.68. The molecular weight excluding hydrogens is 274 g/mol. The van der Waals surface area contributed by atoms with Gasteiger partial charge in [-0.2, -0.15) is 0 Å². The highest BCUT2D eigenvalue weighted by Crippen LogP contribution is 2.11. The Kier molecular flexibility index (Phi) is 8.44. The molecule has 0 radical (unpaired) electrons. The molecule has 1 aromatic heterocycles. The van der Waals surface area contributed by atoms with Gasteiger partial charge >= 0.3 is 0 Å². The second-order valence-electron chi connectivity index (χ2n) is 6.05. The molecule has 22 heavy (non-hydrogen) atoms. The SMILES string of the molecule is CC(C)=CCC/C(C)=C/CC/C(C)=C\Cn1cc(CO)nn1. The monoisotopic (exact) mass is 303 g/mol. The number of nitrogens with zero attached hydrogens (tertiary/aromatic N) is 3. The molecule has 0 aliphatic heterocycles. The van der Waals surface area contributed by atoms with Gasteiger partial charge in [-0.3, -0.25) is 0 Å². The fraction of sp³-hybridized carbons (Fsp3) is 0.556. The van der Waals surface area contributed by atoms with Crippen molar-refractivity contribution < 1.29 is 5.11 Å². The molecule has 1 heterocycles. The molecule has 4 nitrogen and oxygen atoms in total. The van der Waals surface area contributed by atoms with Gasteiger partial charge in [0.1, 0.15) is 5.69 Å². The average Bonchev–Trinajstić information content (AvgIpc) is 2.92. The van der Waals surface area contributed by atoms with Crippen molar-refractivity contribution in [2.24, 2.45) is 0 Å². The predicted molar refractivity (Wildman–Crippen MR) is 91.4 cm³/mol. The molecule has 1 N–H and O–H groups in total. The lowest BCUT2D eigenvalue weighted by Gasteiger charge is -2.02. The zero-order valence-corrected chi connectivity index (χ0v) is 14.3. The zero-order chi connectivity index (χ0) is 16.4. The third-order valence-electron chi connectivity index (χ3n) is 3.50. The van der Waals surface area contributed by atoms with Crippen molar-refractivity contribution in [3.05, 3.63) is 46.8 Å². The minimum atomic E-state index is -0.0560. The molecule has 0 spiro atoms. The van der Waals surface area contributed by atoms with Gasteiger partial charge in [0.25, 0.3) is 0 Å². The van der Waals surface area contributed by atoms with Crippen LogP contribution in [0.25, 0.3) is 0 Å². The number of hydrogen-bond donors (Lipinski definition) is 1. The summed E-state index contributed by atoms with van der Waals surface area (Å²) in [5, 5.41) is 16.8. The van der Waals surface area contributed by atoms with Crippen LogP contribution >= 0.6 is 0 Å². The van der Waals surface area contributed by atoms with E-state index in [1.165, 1.54) is 16.7 Å². The van der Waals surface area contributed by atoms with Crippen LogP contribution in [0.15, 0.2) is 41.1 Å². The Morgan fingerprint density at radius 2 is 1.68 bits per heavy atom. The Morgan fingerprint density at radius 1 is 1.05 bits per heavy atom. The van der Waals surface area contributed by atoms with E-state index in [0.717, 1.165) is 25.7 Å². The van der Waals surface area contributed by atoms with E-state index < -0.39 is 0 Å². The molecular formula is C18H29N3O. The Labute approximate surface area is 134 Å². The van der Waals surface area contributed by atoms with Crippen LogP contribution in [-0.4, -0.2) is 20.1 Å². The molecule has 4 heteroatoms. The first-order valence-corrected chi connectivity index (χ1v) is 7.95. The maximum absolute atomic E-state index is 8.95. The molecule has 0 saturated carbocycles. The maximum atomic E-state index is 8.95. The molecule has 1 aromatic rings. The Morgan fingerprint density at radius 3 is 2.27 bits per heavy atom. The minimum absolute atomic E-state index is 0.0560. The van der Waals surface area contributed by atoms with Crippen LogP contribution in [0.1, 0.15) is 59.1 Å². The van der Waals surface area contributed by atoms with E-state index in [9.17, 15) is 0 Å². The van der Waals surface area contributed by atoms with Gasteiger partial charge in [-0.25, -0.2) is 4.68 Å². The first-order valence-electron chi connectivity index (χ1n) is 7.95. The lowest BCUT2D eigenvalue weighted by molar-refractivity contribution is 0.276. The van der Waals surface area contributed by atoms with Crippen molar-refractivity contribution in [3.8, 4) is 0 Å². The minimum Gasteiger partial charge on any atom is -0.390 e. The molecule has 0 aromatic carbocycles. The summed E-state index contributed by atoms with van der Waals surface area (Å²) in [6, 6.07) is 0. The fourth-order valence-corrected chi connectivity index (χ4v) is 2.09. The van der Waals surface area contributed by atoms with Gasteiger partial charge in [-0.1, -0.05) is 40.2 Å². The van der Waals surface area contributed by atoms with Crippen molar-refractivity contribution in [2.75, 3.05) is 0 Å². The highest BCUT2D eigenvalue weighted by molar-refractivity contribution is 5.05. The summed E-state index contributed by atoms with van der Waals surface area (Å²) in [6.45, 7) is 9.30. The van der Waals surface area contributed by atoms with Crippen molar-refractivity contribution in [1.29, 1.82) is 0 Å². The molecule has 0 bridgehead atoms. The van der Waals surface area contributed by atoms with Crippen LogP contribution < -0.4 is 0 Å². The van der Waals surface area contributed by atoms with Crippen molar-refractivity contribution in [2.45, 2.75) is 66.5 Å². The van der Waals surface area contributed by atoms with E-state index in [1.807, 2.05) is 0 Å². The molecule has 0 unspecified atom stereocenters. The topological polar surface area (TPSA) is 50.9 Å². The highest BCUT2D eigenvalue weighted by atomic mass is 16.3. The number of aliphatic hydroxyl groups is 1. The van der Waals surface area contributed by atoms with Crippen molar-refractivity contribution in [3.63, 3.8) is 0 Å². The Balaban J connectivity index is 2.30. The smallest absolute Gasteiger partial charge is 0.108 e. The number of aromatic nitrogens is 3. The van der Waals surface area contributed by atoms with Crippen molar-refractivity contribution in [1.82, 2.24) is 15.0 Å². The lowest BCUT2D eigenvalue weighted by Crippen LogP contribution is -1.96. The normalized spacial score (nSPS) is 12.6. The molecule has 0 saturated heterocycles. The van der Waals surface area contributed by atoms with Crippen LogP contribution in [0.3, 0.4) is 0 Å². The fourth-order valence-electron chi connectivity index (χ4n) is 2.09. The van der Waals surface area contributed by atoms with Gasteiger partial charge in [0.15, 0.2) is 0 Å². The molecule has 122 valence electrons. The van der Waals surface area contributed by atoms with Gasteiger partial charge in [0, 0.05) is 0 Å². The van der Waals surface area contributed by atoms with Gasteiger partial charge in [-0.15, -0.1) is 5.10 Å². The van der Waals surface area contributed by atoms with E-state index >= 15 is 0 Å². The number of aliphatic hydroxyl groups excluding tert-OH is 1. The van der Waals surface area contributed by atoms with Gasteiger partial charge in [0.2, 0.25) is 0 Å². The number of allylic oxidation sites excluding steroid dienone is 6. The highest BCUT2D eigenvalue weighted by Gasteiger charge is 1.97. The third kappa shape index (κ3) is 7.93. The van der Waals surface area contributed by atoms with E-state index in [1.54, 1.807) is 10.9 Å². The van der Waals surface area contributed by atoms with E-state index in [0.29, 0.717) is 12.2 Å². The quantitative estimate of drug-likeness (QED) is 0.696. The van der Waals surface area contributed by atoms with E-state index in [-0.39, 0.29) is 6.61 Å². The number of hydrogen-bond acceptors (Lipinski definition) is 3.